The maximum absolute atomic E-state index is 13.8. The van der Waals surface area contributed by atoms with Crippen molar-refractivity contribution in [1.82, 2.24) is 0 Å². The highest BCUT2D eigenvalue weighted by Gasteiger charge is 2.20. The van der Waals surface area contributed by atoms with Crippen LogP contribution >= 0.6 is 11.6 Å². The highest BCUT2D eigenvalue weighted by atomic mass is 35.5. The zero-order chi connectivity index (χ0) is 17.2. The molecule has 122 valence electrons. The Morgan fingerprint density at radius 1 is 1.13 bits per heavy atom. The van der Waals surface area contributed by atoms with Crippen molar-refractivity contribution in [2.45, 2.75) is 11.8 Å². The average Bonchev–Trinajstić information content (AvgIpc) is 2.41. The van der Waals surface area contributed by atoms with E-state index < -0.39 is 32.5 Å². The maximum Gasteiger partial charge on any atom is 0.263 e. The van der Waals surface area contributed by atoms with Crippen molar-refractivity contribution in [3.05, 3.63) is 53.1 Å². The summed E-state index contributed by atoms with van der Waals surface area (Å²) in [5.74, 6) is -1.94. The molecule has 5 nitrogen and oxygen atoms in total. The van der Waals surface area contributed by atoms with Crippen LogP contribution in [0.3, 0.4) is 0 Å². The summed E-state index contributed by atoms with van der Waals surface area (Å²) in [5, 5.41) is 2.06. The zero-order valence-electron chi connectivity index (χ0n) is 11.7. The number of amides is 1. The summed E-state index contributed by atoms with van der Waals surface area (Å²) in [4.78, 5) is 10.6. The van der Waals surface area contributed by atoms with Crippen molar-refractivity contribution in [1.29, 1.82) is 0 Å². The van der Waals surface area contributed by atoms with E-state index in [2.05, 4.69) is 5.32 Å². The van der Waals surface area contributed by atoms with Gasteiger partial charge in [0.2, 0.25) is 5.91 Å². The van der Waals surface area contributed by atoms with Gasteiger partial charge in [0.25, 0.3) is 10.0 Å². The van der Waals surface area contributed by atoms with E-state index in [0.717, 1.165) is 30.3 Å². The molecule has 0 atom stereocenters. The lowest BCUT2D eigenvalue weighted by Crippen LogP contribution is -2.15. The molecule has 0 fully saturated rings. The Balaban J connectivity index is 2.38. The van der Waals surface area contributed by atoms with Crippen LogP contribution in [0, 0.1) is 11.6 Å². The van der Waals surface area contributed by atoms with Crippen LogP contribution in [0.2, 0.25) is 5.02 Å². The Bertz CT molecular complexity index is 872. The van der Waals surface area contributed by atoms with E-state index in [1.165, 1.54) is 13.0 Å². The Morgan fingerprint density at radius 3 is 2.43 bits per heavy atom. The van der Waals surface area contributed by atoms with Gasteiger partial charge in [-0.15, -0.1) is 0 Å². The average molecular weight is 361 g/mol. The minimum atomic E-state index is -4.23. The molecule has 0 aromatic heterocycles. The van der Waals surface area contributed by atoms with Crippen LogP contribution < -0.4 is 10.0 Å². The third-order valence-electron chi connectivity index (χ3n) is 2.71. The molecule has 0 aliphatic carbocycles. The number of carbonyl (C=O) groups is 1. The number of hydrogen-bond donors (Lipinski definition) is 2. The van der Waals surface area contributed by atoms with Crippen LogP contribution in [0.5, 0.6) is 0 Å². The van der Waals surface area contributed by atoms with E-state index in [-0.39, 0.29) is 16.4 Å². The number of nitrogens with one attached hydrogen (secondary N) is 2. The van der Waals surface area contributed by atoms with Gasteiger partial charge in [-0.1, -0.05) is 11.6 Å². The molecule has 0 saturated heterocycles. The number of halogens is 3. The van der Waals surface area contributed by atoms with Crippen LogP contribution in [0.4, 0.5) is 20.2 Å². The minimum Gasteiger partial charge on any atom is -0.326 e. The van der Waals surface area contributed by atoms with Gasteiger partial charge in [0, 0.05) is 12.6 Å². The summed E-state index contributed by atoms with van der Waals surface area (Å²) >= 11 is 5.71. The predicted octanol–water partition coefficient (Wildman–Crippen LogP) is 3.38. The second-order valence-electron chi connectivity index (χ2n) is 4.56. The quantitative estimate of drug-likeness (QED) is 0.877. The summed E-state index contributed by atoms with van der Waals surface area (Å²) in [5.41, 5.74) is -0.168. The molecule has 0 unspecified atom stereocenters. The third-order valence-corrected chi connectivity index (χ3v) is 4.56. The van der Waals surface area contributed by atoms with Gasteiger partial charge in [-0.25, -0.2) is 17.2 Å². The largest absolute Gasteiger partial charge is 0.326 e. The molecule has 0 bridgehead atoms. The fourth-order valence-corrected chi connectivity index (χ4v) is 3.37. The van der Waals surface area contributed by atoms with E-state index in [1.54, 1.807) is 0 Å². The number of anilines is 2. The first-order valence-electron chi connectivity index (χ1n) is 6.24. The van der Waals surface area contributed by atoms with E-state index in [0.29, 0.717) is 0 Å². The van der Waals surface area contributed by atoms with Crippen LogP contribution in [0.25, 0.3) is 0 Å². The van der Waals surface area contributed by atoms with Gasteiger partial charge in [-0.3, -0.25) is 9.52 Å². The van der Waals surface area contributed by atoms with E-state index in [1.807, 2.05) is 4.72 Å². The molecule has 2 aromatic rings. The second kappa shape index (κ2) is 6.51. The Hall–Kier alpha value is -2.19. The molecule has 0 aliphatic rings. The van der Waals surface area contributed by atoms with E-state index >= 15 is 0 Å². The van der Waals surface area contributed by atoms with Crippen LogP contribution in [0.1, 0.15) is 6.92 Å². The van der Waals surface area contributed by atoms with Crippen molar-refractivity contribution < 1.29 is 22.0 Å². The molecule has 0 spiro atoms. The summed E-state index contributed by atoms with van der Waals surface area (Å²) in [6, 6.07) is 6.11. The van der Waals surface area contributed by atoms with Gasteiger partial charge in [-0.05, 0) is 36.4 Å². The Labute approximate surface area is 136 Å². The van der Waals surface area contributed by atoms with Gasteiger partial charge >= 0.3 is 0 Å². The minimum absolute atomic E-state index is 0.210. The van der Waals surface area contributed by atoms with Crippen molar-refractivity contribution in [2.24, 2.45) is 0 Å². The van der Waals surface area contributed by atoms with Crippen molar-refractivity contribution in [3.8, 4) is 0 Å². The number of hydrogen-bond acceptors (Lipinski definition) is 3. The number of sulfonamides is 1. The first kappa shape index (κ1) is 17.2. The molecule has 2 N–H and O–H groups in total. The van der Waals surface area contributed by atoms with E-state index in [9.17, 15) is 22.0 Å². The van der Waals surface area contributed by atoms with Crippen molar-refractivity contribution >= 4 is 38.9 Å². The monoisotopic (exact) mass is 360 g/mol. The number of benzene rings is 2. The summed E-state index contributed by atoms with van der Waals surface area (Å²) in [6.45, 7) is 1.26. The van der Waals surface area contributed by atoms with Crippen LogP contribution in [0.15, 0.2) is 41.3 Å². The molecule has 0 radical (unpaired) electrons. The van der Waals surface area contributed by atoms with Gasteiger partial charge in [0.15, 0.2) is 0 Å². The lowest BCUT2D eigenvalue weighted by Gasteiger charge is -2.12. The molecule has 9 heteroatoms. The second-order valence-corrected chi connectivity index (χ2v) is 6.61. The SMILES string of the molecule is CC(=O)Nc1ccc(F)c(NS(=O)(=O)c2ccc(F)cc2Cl)c1. The fraction of sp³-hybridized carbons (Fsp3) is 0.0714. The Morgan fingerprint density at radius 2 is 1.83 bits per heavy atom. The molecular weight excluding hydrogens is 350 g/mol. The third kappa shape index (κ3) is 4.17. The Kier molecular flexibility index (Phi) is 4.86. The highest BCUT2D eigenvalue weighted by Crippen LogP contribution is 2.27. The molecule has 2 rings (SSSR count). The summed E-state index contributed by atoms with van der Waals surface area (Å²) < 4.78 is 53.3. The topological polar surface area (TPSA) is 75.3 Å². The number of carbonyl (C=O) groups excluding carboxylic acids is 1. The van der Waals surface area contributed by atoms with E-state index in [4.69, 9.17) is 11.6 Å². The molecule has 2 aromatic carbocycles. The predicted molar refractivity (Wildman–Crippen MR) is 82.9 cm³/mol. The van der Waals surface area contributed by atoms with Crippen LogP contribution in [-0.2, 0) is 14.8 Å². The molecule has 0 heterocycles. The normalized spacial score (nSPS) is 11.1. The fourth-order valence-electron chi connectivity index (χ4n) is 1.78. The van der Waals surface area contributed by atoms with Crippen molar-refractivity contribution in [3.63, 3.8) is 0 Å². The first-order valence-corrected chi connectivity index (χ1v) is 8.10. The van der Waals surface area contributed by atoms with Gasteiger partial charge in [-0.2, -0.15) is 0 Å². The highest BCUT2D eigenvalue weighted by molar-refractivity contribution is 7.92. The molecule has 0 saturated carbocycles. The smallest absolute Gasteiger partial charge is 0.263 e. The summed E-state index contributed by atoms with van der Waals surface area (Å²) in [7, 11) is -4.23. The lowest BCUT2D eigenvalue weighted by molar-refractivity contribution is -0.114. The van der Waals surface area contributed by atoms with Crippen LogP contribution in [-0.4, -0.2) is 14.3 Å². The van der Waals surface area contributed by atoms with Gasteiger partial charge in [0.05, 0.1) is 10.7 Å². The molecular formula is C14H11ClF2N2O3S. The standard InChI is InChI=1S/C14H11ClF2N2O3S/c1-8(20)18-10-3-4-12(17)13(7-10)19-23(21,22)14-5-2-9(16)6-11(14)15/h2-7,19H,1H3,(H,18,20). The maximum atomic E-state index is 13.8. The lowest BCUT2D eigenvalue weighted by atomic mass is 10.2. The molecule has 1 amide bonds. The van der Waals surface area contributed by atoms with Gasteiger partial charge < -0.3 is 5.32 Å². The zero-order valence-corrected chi connectivity index (χ0v) is 13.3. The number of rotatable bonds is 4. The molecule has 0 aliphatic heterocycles. The molecule has 23 heavy (non-hydrogen) atoms. The van der Waals surface area contributed by atoms with Crippen molar-refractivity contribution in [2.75, 3.05) is 10.0 Å². The van der Waals surface area contributed by atoms with Gasteiger partial charge in [0.1, 0.15) is 16.5 Å². The first-order chi connectivity index (χ1) is 10.7. The summed E-state index contributed by atoms with van der Waals surface area (Å²) in [6.07, 6.45) is 0.